The van der Waals surface area contributed by atoms with Gasteiger partial charge in [-0.1, -0.05) is 6.07 Å². The number of nitrogens with zero attached hydrogens (tertiary/aromatic N) is 4. The predicted molar refractivity (Wildman–Crippen MR) is 92.3 cm³/mol. The van der Waals surface area contributed by atoms with Crippen molar-refractivity contribution in [3.63, 3.8) is 0 Å². The van der Waals surface area contributed by atoms with Crippen molar-refractivity contribution in [2.45, 2.75) is 6.04 Å². The SMILES string of the molecule is O=C1NC(=O)N(c2ccc3[nH]cnc3c2)C1c1ccc2nsnc2c1. The van der Waals surface area contributed by atoms with Gasteiger partial charge in [-0.25, -0.2) is 9.78 Å². The van der Waals surface area contributed by atoms with E-state index in [0.717, 1.165) is 28.3 Å². The van der Waals surface area contributed by atoms with Gasteiger partial charge in [0.25, 0.3) is 5.91 Å². The summed E-state index contributed by atoms with van der Waals surface area (Å²) in [6.45, 7) is 0. The fourth-order valence-electron chi connectivity index (χ4n) is 3.07. The molecule has 0 bridgehead atoms. The van der Waals surface area contributed by atoms with Crippen molar-refractivity contribution < 1.29 is 9.59 Å². The number of fused-ring (bicyclic) bond motifs is 2. The number of hydrogen-bond donors (Lipinski definition) is 2. The summed E-state index contributed by atoms with van der Waals surface area (Å²) in [4.78, 5) is 33.5. The molecule has 0 radical (unpaired) electrons. The lowest BCUT2D eigenvalue weighted by molar-refractivity contribution is -0.119. The number of hydrogen-bond acceptors (Lipinski definition) is 6. The summed E-state index contributed by atoms with van der Waals surface area (Å²) in [7, 11) is 0. The van der Waals surface area contributed by atoms with Crippen LogP contribution in [0.15, 0.2) is 42.7 Å². The van der Waals surface area contributed by atoms with Crippen molar-refractivity contribution in [3.8, 4) is 0 Å². The molecule has 1 saturated heterocycles. The Labute approximate surface area is 144 Å². The zero-order chi connectivity index (χ0) is 17.0. The summed E-state index contributed by atoms with van der Waals surface area (Å²) in [5, 5.41) is 2.38. The number of rotatable bonds is 2. The molecule has 1 unspecified atom stereocenters. The number of H-pyrrole nitrogens is 1. The van der Waals surface area contributed by atoms with Crippen LogP contribution in [-0.2, 0) is 4.79 Å². The van der Waals surface area contributed by atoms with Crippen LogP contribution in [0.25, 0.3) is 22.1 Å². The van der Waals surface area contributed by atoms with Gasteiger partial charge in [0.05, 0.1) is 29.1 Å². The first-order valence-corrected chi connectivity index (χ1v) is 8.23. The number of anilines is 1. The van der Waals surface area contributed by atoms with E-state index in [1.54, 1.807) is 36.7 Å². The van der Waals surface area contributed by atoms with Crippen molar-refractivity contribution in [2.24, 2.45) is 0 Å². The van der Waals surface area contributed by atoms with Crippen LogP contribution in [0, 0.1) is 0 Å². The zero-order valence-electron chi connectivity index (χ0n) is 12.6. The minimum atomic E-state index is -0.755. The summed E-state index contributed by atoms with van der Waals surface area (Å²) < 4.78 is 8.37. The van der Waals surface area contributed by atoms with Crippen molar-refractivity contribution in [1.82, 2.24) is 24.0 Å². The van der Waals surface area contributed by atoms with Crippen LogP contribution in [0.3, 0.4) is 0 Å². The maximum absolute atomic E-state index is 12.4. The third-order valence-corrected chi connectivity index (χ3v) is 4.79. The third-order valence-electron chi connectivity index (χ3n) is 4.23. The van der Waals surface area contributed by atoms with Crippen LogP contribution in [0.2, 0.25) is 0 Å². The molecular formula is C16H10N6O2S. The molecule has 0 aliphatic carbocycles. The van der Waals surface area contributed by atoms with Crippen LogP contribution in [-0.4, -0.2) is 30.7 Å². The van der Waals surface area contributed by atoms with E-state index in [1.165, 1.54) is 4.90 Å². The van der Waals surface area contributed by atoms with Crippen LogP contribution in [0.4, 0.5) is 10.5 Å². The van der Waals surface area contributed by atoms with Gasteiger partial charge in [-0.05, 0) is 35.9 Å². The molecule has 8 nitrogen and oxygen atoms in total. The van der Waals surface area contributed by atoms with Crippen molar-refractivity contribution in [1.29, 1.82) is 0 Å². The topological polar surface area (TPSA) is 104 Å². The predicted octanol–water partition coefficient (Wildman–Crippen LogP) is 2.37. The van der Waals surface area contributed by atoms with E-state index in [-0.39, 0.29) is 5.91 Å². The molecule has 1 aliphatic rings. The molecule has 3 amide bonds. The van der Waals surface area contributed by atoms with Gasteiger partial charge in [0, 0.05) is 5.69 Å². The summed E-state index contributed by atoms with van der Waals surface area (Å²) >= 11 is 1.11. The molecule has 1 fully saturated rings. The molecule has 0 spiro atoms. The second-order valence-electron chi connectivity index (χ2n) is 5.68. The van der Waals surface area contributed by atoms with Gasteiger partial charge in [0.1, 0.15) is 17.1 Å². The molecule has 122 valence electrons. The van der Waals surface area contributed by atoms with E-state index in [4.69, 9.17) is 0 Å². The minimum absolute atomic E-state index is 0.366. The Bertz CT molecular complexity index is 1060. The van der Waals surface area contributed by atoms with Gasteiger partial charge in [0.15, 0.2) is 0 Å². The lowest BCUT2D eigenvalue weighted by Gasteiger charge is -2.22. The monoisotopic (exact) mass is 350 g/mol. The first kappa shape index (κ1) is 14.1. The average molecular weight is 350 g/mol. The maximum atomic E-state index is 12.4. The minimum Gasteiger partial charge on any atom is -0.345 e. The summed E-state index contributed by atoms with van der Waals surface area (Å²) in [6.07, 6.45) is 1.59. The van der Waals surface area contributed by atoms with E-state index in [2.05, 4.69) is 24.0 Å². The average Bonchev–Trinajstić information content (AvgIpc) is 3.31. The lowest BCUT2D eigenvalue weighted by atomic mass is 10.0. The van der Waals surface area contributed by atoms with Crippen molar-refractivity contribution in [3.05, 3.63) is 48.3 Å². The van der Waals surface area contributed by atoms with Gasteiger partial charge in [-0.2, -0.15) is 8.75 Å². The van der Waals surface area contributed by atoms with Crippen molar-refractivity contribution >= 4 is 51.4 Å². The third kappa shape index (κ3) is 2.09. The molecule has 0 saturated carbocycles. The molecule has 2 aromatic heterocycles. The number of urea groups is 1. The lowest BCUT2D eigenvalue weighted by Crippen LogP contribution is -2.29. The van der Waals surface area contributed by atoms with E-state index in [1.807, 2.05) is 6.07 Å². The largest absolute Gasteiger partial charge is 0.345 e. The highest BCUT2D eigenvalue weighted by molar-refractivity contribution is 7.00. The van der Waals surface area contributed by atoms with Gasteiger partial charge in [-0.3, -0.25) is 15.0 Å². The van der Waals surface area contributed by atoms with E-state index >= 15 is 0 Å². The molecule has 1 atom stereocenters. The number of imide groups is 1. The van der Waals surface area contributed by atoms with Gasteiger partial charge in [0.2, 0.25) is 0 Å². The summed E-state index contributed by atoms with van der Waals surface area (Å²) in [6, 6.07) is 9.58. The van der Waals surface area contributed by atoms with Gasteiger partial charge in [-0.15, -0.1) is 0 Å². The molecule has 4 aromatic rings. The fourth-order valence-corrected chi connectivity index (χ4v) is 3.59. The number of amides is 3. The molecule has 5 rings (SSSR count). The highest BCUT2D eigenvalue weighted by Crippen LogP contribution is 2.33. The Morgan fingerprint density at radius 2 is 1.88 bits per heavy atom. The number of carbonyl (C=O) groups excluding carboxylic acids is 2. The Kier molecular flexibility index (Phi) is 2.86. The highest BCUT2D eigenvalue weighted by Gasteiger charge is 2.40. The number of aromatic nitrogens is 4. The molecule has 9 heteroatoms. The Balaban J connectivity index is 1.64. The van der Waals surface area contributed by atoms with Crippen molar-refractivity contribution in [2.75, 3.05) is 4.90 Å². The number of imidazole rings is 1. The Morgan fingerprint density at radius 1 is 1.00 bits per heavy atom. The fraction of sp³-hybridized carbons (Fsp3) is 0.0625. The molecule has 25 heavy (non-hydrogen) atoms. The number of benzene rings is 2. The number of aromatic amines is 1. The van der Waals surface area contributed by atoms with Crippen LogP contribution in [0.5, 0.6) is 0 Å². The van der Waals surface area contributed by atoms with E-state index in [0.29, 0.717) is 16.8 Å². The van der Waals surface area contributed by atoms with E-state index in [9.17, 15) is 9.59 Å². The molecule has 2 aromatic carbocycles. The number of carbonyl (C=O) groups is 2. The van der Waals surface area contributed by atoms with Gasteiger partial charge < -0.3 is 4.98 Å². The number of nitrogens with one attached hydrogen (secondary N) is 2. The summed E-state index contributed by atoms with van der Waals surface area (Å²) in [5.41, 5.74) is 4.35. The Morgan fingerprint density at radius 3 is 2.80 bits per heavy atom. The highest BCUT2D eigenvalue weighted by atomic mass is 32.1. The molecule has 3 heterocycles. The standard InChI is InChI=1S/C16H10N6O2S/c23-15-14(8-1-3-11-13(5-8)21-25-20-11)22(16(24)19-15)9-2-4-10-12(6-9)18-7-17-10/h1-7,14H,(H,17,18)(H,19,23,24). The summed E-state index contributed by atoms with van der Waals surface area (Å²) in [5.74, 6) is -0.366. The molecule has 2 N–H and O–H groups in total. The Hall–Kier alpha value is -3.33. The second kappa shape index (κ2) is 5.08. The quantitative estimate of drug-likeness (QED) is 0.540. The molecule has 1 aliphatic heterocycles. The van der Waals surface area contributed by atoms with Gasteiger partial charge >= 0.3 is 6.03 Å². The molecular weight excluding hydrogens is 340 g/mol. The van der Waals surface area contributed by atoms with Crippen LogP contribution < -0.4 is 10.2 Å². The normalized spacial score (nSPS) is 17.6. The van der Waals surface area contributed by atoms with Crippen LogP contribution in [0.1, 0.15) is 11.6 Å². The maximum Gasteiger partial charge on any atom is 0.329 e. The first-order valence-electron chi connectivity index (χ1n) is 7.50. The smallest absolute Gasteiger partial charge is 0.329 e. The van der Waals surface area contributed by atoms with Crippen LogP contribution >= 0.6 is 11.7 Å². The second-order valence-corrected chi connectivity index (χ2v) is 6.21. The zero-order valence-corrected chi connectivity index (χ0v) is 13.4. The first-order chi connectivity index (χ1) is 12.2. The van der Waals surface area contributed by atoms with E-state index < -0.39 is 12.1 Å².